The summed E-state index contributed by atoms with van der Waals surface area (Å²) in [4.78, 5) is 7.69. The maximum absolute atomic E-state index is 6.34. The first-order valence-corrected chi connectivity index (χ1v) is 6.47. The molecule has 0 bridgehead atoms. The highest BCUT2D eigenvalue weighted by Crippen LogP contribution is 2.39. The molecule has 0 amide bonds. The van der Waals surface area contributed by atoms with Crippen molar-refractivity contribution in [2.75, 3.05) is 7.11 Å². The zero-order valence-corrected chi connectivity index (χ0v) is 12.4. The number of hydrogen-bond donors (Lipinski definition) is 2. The number of ether oxygens (including phenoxy) is 1. The second-order valence-corrected chi connectivity index (χ2v) is 4.95. The van der Waals surface area contributed by atoms with Gasteiger partial charge in [-0.3, -0.25) is 0 Å². The van der Waals surface area contributed by atoms with Crippen molar-refractivity contribution in [1.29, 1.82) is 0 Å². The number of H-pyrrole nitrogens is 1. The lowest BCUT2D eigenvalue weighted by Gasteiger charge is -2.14. The van der Waals surface area contributed by atoms with Crippen LogP contribution in [-0.2, 0) is 6.54 Å². The molecule has 0 fully saturated rings. The summed E-state index contributed by atoms with van der Waals surface area (Å²) in [7, 11) is 1.65. The molecule has 0 atom stereocenters. The molecule has 19 heavy (non-hydrogen) atoms. The molecule has 1 heterocycles. The van der Waals surface area contributed by atoms with Gasteiger partial charge in [-0.2, -0.15) is 0 Å². The Morgan fingerprint density at radius 1 is 1.37 bits per heavy atom. The molecule has 0 radical (unpaired) electrons. The number of hydrogen-bond acceptors (Lipinski definition) is 3. The molecule has 0 aliphatic rings. The van der Waals surface area contributed by atoms with E-state index in [1.165, 1.54) is 0 Å². The van der Waals surface area contributed by atoms with Gasteiger partial charge in [0, 0.05) is 16.3 Å². The third-order valence-electron chi connectivity index (χ3n) is 3.23. The van der Waals surface area contributed by atoms with Crippen LogP contribution in [0.2, 0.25) is 5.02 Å². The van der Waals surface area contributed by atoms with E-state index >= 15 is 0 Å². The highest BCUT2D eigenvalue weighted by atomic mass is 35.5. The van der Waals surface area contributed by atoms with Crippen molar-refractivity contribution < 1.29 is 4.74 Å². The van der Waals surface area contributed by atoms with E-state index in [1.807, 2.05) is 26.8 Å². The minimum absolute atomic E-state index is 0.377. The quantitative estimate of drug-likeness (QED) is 0.907. The summed E-state index contributed by atoms with van der Waals surface area (Å²) in [5.74, 6) is 1.53. The second kappa shape index (κ2) is 5.23. The molecule has 0 saturated carbocycles. The van der Waals surface area contributed by atoms with Gasteiger partial charge in [-0.05, 0) is 38.0 Å². The lowest BCUT2D eigenvalue weighted by Crippen LogP contribution is -1.98. The maximum atomic E-state index is 6.34. The summed E-state index contributed by atoms with van der Waals surface area (Å²) >= 11 is 6.34. The molecule has 0 spiro atoms. The van der Waals surface area contributed by atoms with Gasteiger partial charge in [-0.1, -0.05) is 11.6 Å². The predicted molar refractivity (Wildman–Crippen MR) is 77.7 cm³/mol. The van der Waals surface area contributed by atoms with Crippen LogP contribution >= 0.6 is 11.6 Å². The van der Waals surface area contributed by atoms with E-state index in [4.69, 9.17) is 22.1 Å². The Hall–Kier alpha value is -1.52. The zero-order valence-electron chi connectivity index (χ0n) is 11.6. The van der Waals surface area contributed by atoms with Gasteiger partial charge in [0.25, 0.3) is 0 Å². The van der Waals surface area contributed by atoms with E-state index in [0.717, 1.165) is 44.7 Å². The Morgan fingerprint density at radius 2 is 2.05 bits per heavy atom. The number of nitrogens with one attached hydrogen (secondary N) is 1. The predicted octanol–water partition coefficient (Wildman–Crippen LogP) is 3.12. The third kappa shape index (κ3) is 2.33. The number of benzene rings is 1. The van der Waals surface area contributed by atoms with Crippen LogP contribution < -0.4 is 10.5 Å². The number of rotatable bonds is 3. The number of aromatic amines is 1. The van der Waals surface area contributed by atoms with Crippen LogP contribution in [0.25, 0.3) is 11.3 Å². The third-order valence-corrected chi connectivity index (χ3v) is 3.81. The number of nitrogens with two attached hydrogens (primary N) is 1. The molecule has 0 aliphatic heterocycles. The molecule has 3 N–H and O–H groups in total. The van der Waals surface area contributed by atoms with Crippen molar-refractivity contribution in [3.05, 3.63) is 33.7 Å². The summed E-state index contributed by atoms with van der Waals surface area (Å²) in [5, 5.41) is 0.743. The normalized spacial score (nSPS) is 10.8. The first-order valence-electron chi connectivity index (χ1n) is 6.09. The fourth-order valence-corrected chi connectivity index (χ4v) is 2.39. The molecule has 4 nitrogen and oxygen atoms in total. The van der Waals surface area contributed by atoms with Crippen molar-refractivity contribution in [2.24, 2.45) is 5.73 Å². The molecule has 0 saturated heterocycles. The topological polar surface area (TPSA) is 63.9 Å². The van der Waals surface area contributed by atoms with Gasteiger partial charge in [0.1, 0.15) is 11.6 Å². The first-order chi connectivity index (χ1) is 8.99. The van der Waals surface area contributed by atoms with Crippen molar-refractivity contribution in [3.8, 4) is 17.0 Å². The minimum Gasteiger partial charge on any atom is -0.496 e. The average molecular weight is 280 g/mol. The van der Waals surface area contributed by atoms with Crippen LogP contribution in [0.5, 0.6) is 5.75 Å². The summed E-state index contributed by atoms with van der Waals surface area (Å²) < 4.78 is 5.47. The lowest BCUT2D eigenvalue weighted by molar-refractivity contribution is 0.415. The first kappa shape index (κ1) is 13.9. The Labute approximate surface area is 117 Å². The van der Waals surface area contributed by atoms with Gasteiger partial charge in [-0.15, -0.1) is 0 Å². The van der Waals surface area contributed by atoms with Crippen LogP contribution in [0.15, 0.2) is 6.07 Å². The van der Waals surface area contributed by atoms with E-state index in [2.05, 4.69) is 9.97 Å². The van der Waals surface area contributed by atoms with Crippen molar-refractivity contribution in [2.45, 2.75) is 27.3 Å². The monoisotopic (exact) mass is 279 g/mol. The number of imidazole rings is 1. The molecule has 1 aromatic heterocycles. The maximum Gasteiger partial charge on any atom is 0.128 e. The highest BCUT2D eigenvalue weighted by Gasteiger charge is 2.19. The van der Waals surface area contributed by atoms with E-state index in [1.54, 1.807) is 7.11 Å². The smallest absolute Gasteiger partial charge is 0.128 e. The fraction of sp³-hybridized carbons (Fsp3) is 0.357. The molecule has 5 heteroatoms. The van der Waals surface area contributed by atoms with Gasteiger partial charge < -0.3 is 15.5 Å². The molecular weight excluding hydrogens is 262 g/mol. The number of halogens is 1. The molecule has 1 aromatic carbocycles. The second-order valence-electron chi connectivity index (χ2n) is 4.57. The van der Waals surface area contributed by atoms with E-state index in [-0.39, 0.29) is 0 Å². The Kier molecular flexibility index (Phi) is 3.83. The summed E-state index contributed by atoms with van der Waals surface area (Å²) in [6.45, 7) is 6.28. The Bertz CT molecular complexity index is 620. The van der Waals surface area contributed by atoms with Crippen molar-refractivity contribution >= 4 is 11.6 Å². The van der Waals surface area contributed by atoms with Crippen LogP contribution in [0.4, 0.5) is 0 Å². The van der Waals surface area contributed by atoms with Crippen molar-refractivity contribution in [3.63, 3.8) is 0 Å². The van der Waals surface area contributed by atoms with Crippen LogP contribution in [0.1, 0.15) is 22.6 Å². The molecule has 0 unspecified atom stereocenters. The fourth-order valence-electron chi connectivity index (χ4n) is 2.24. The molecule has 2 rings (SSSR count). The minimum atomic E-state index is 0.377. The molecular formula is C14H18ClN3O. The number of aryl methyl sites for hydroxylation is 2. The number of nitrogens with zero attached hydrogens (tertiary/aromatic N) is 1. The lowest BCUT2D eigenvalue weighted by atomic mass is 10.0. The summed E-state index contributed by atoms with van der Waals surface area (Å²) in [6.07, 6.45) is 0. The molecule has 0 aliphatic carbocycles. The van der Waals surface area contributed by atoms with E-state index in [0.29, 0.717) is 6.54 Å². The van der Waals surface area contributed by atoms with Gasteiger partial charge in [0.05, 0.1) is 19.3 Å². The van der Waals surface area contributed by atoms with Gasteiger partial charge >= 0.3 is 0 Å². The summed E-state index contributed by atoms with van der Waals surface area (Å²) in [5.41, 5.74) is 10.3. The van der Waals surface area contributed by atoms with E-state index in [9.17, 15) is 0 Å². The van der Waals surface area contributed by atoms with Gasteiger partial charge in [-0.25, -0.2) is 4.98 Å². The Balaban J connectivity index is 2.73. The average Bonchev–Trinajstić information content (AvgIpc) is 2.76. The van der Waals surface area contributed by atoms with Crippen LogP contribution in [0.3, 0.4) is 0 Å². The number of aromatic nitrogens is 2. The standard InChI is InChI=1S/C14H18ClN3O/c1-7-5-10(19-4)12(8(2)13(7)15)14-9(3)17-11(6-16)18-14/h5H,6,16H2,1-4H3,(H,17,18). The number of methoxy groups -OCH3 is 1. The Morgan fingerprint density at radius 3 is 2.58 bits per heavy atom. The molecule has 2 aromatic rings. The SMILES string of the molecule is COc1cc(C)c(Cl)c(C)c1-c1nc(CN)[nH]c1C. The van der Waals surface area contributed by atoms with Crippen LogP contribution in [0, 0.1) is 20.8 Å². The van der Waals surface area contributed by atoms with Gasteiger partial charge in [0.2, 0.25) is 0 Å². The van der Waals surface area contributed by atoms with Crippen molar-refractivity contribution in [1.82, 2.24) is 9.97 Å². The highest BCUT2D eigenvalue weighted by molar-refractivity contribution is 6.32. The van der Waals surface area contributed by atoms with E-state index < -0.39 is 0 Å². The summed E-state index contributed by atoms with van der Waals surface area (Å²) in [6, 6.07) is 1.93. The largest absolute Gasteiger partial charge is 0.496 e. The van der Waals surface area contributed by atoms with Crippen LogP contribution in [-0.4, -0.2) is 17.1 Å². The molecule has 102 valence electrons. The zero-order chi connectivity index (χ0) is 14.2. The van der Waals surface area contributed by atoms with Gasteiger partial charge in [0.15, 0.2) is 0 Å².